The summed E-state index contributed by atoms with van der Waals surface area (Å²) in [6, 6.07) is 13.3. The standard InChI is InChI=1S/C14H13BrClNO2S/c1-10(11-4-2-6-13(16)8-11)17-20(18,19)14-7-3-5-12(15)9-14/h2-10,17H,1H3. The first kappa shape index (κ1) is 15.5. The predicted octanol–water partition coefficient (Wildman–Crippen LogP) is 4.14. The fourth-order valence-corrected chi connectivity index (χ4v) is 3.81. The Morgan fingerprint density at radius 1 is 1.15 bits per heavy atom. The summed E-state index contributed by atoms with van der Waals surface area (Å²) in [5, 5.41) is 0.580. The van der Waals surface area contributed by atoms with Crippen molar-refractivity contribution in [1.82, 2.24) is 4.72 Å². The Bertz CT molecular complexity index is 719. The minimum absolute atomic E-state index is 0.223. The smallest absolute Gasteiger partial charge is 0.207 e. The Hall–Kier alpha value is -0.880. The maximum atomic E-state index is 12.3. The second-order valence-corrected chi connectivity index (χ2v) is 7.42. The highest BCUT2D eigenvalue weighted by Crippen LogP contribution is 2.21. The van der Waals surface area contributed by atoms with Crippen LogP contribution in [-0.4, -0.2) is 8.42 Å². The van der Waals surface area contributed by atoms with Gasteiger partial charge in [-0.1, -0.05) is 45.7 Å². The largest absolute Gasteiger partial charge is 0.241 e. The van der Waals surface area contributed by atoms with Crippen LogP contribution in [0, 0.1) is 0 Å². The van der Waals surface area contributed by atoms with Crippen LogP contribution in [0.4, 0.5) is 0 Å². The fraction of sp³-hybridized carbons (Fsp3) is 0.143. The maximum Gasteiger partial charge on any atom is 0.241 e. The Kier molecular flexibility index (Phi) is 4.86. The molecule has 0 spiro atoms. The Labute approximate surface area is 132 Å². The molecule has 0 amide bonds. The van der Waals surface area contributed by atoms with E-state index in [0.29, 0.717) is 5.02 Å². The molecule has 1 atom stereocenters. The first-order chi connectivity index (χ1) is 9.38. The Balaban J connectivity index is 2.24. The van der Waals surface area contributed by atoms with Gasteiger partial charge in [-0.3, -0.25) is 0 Å². The quantitative estimate of drug-likeness (QED) is 0.874. The van der Waals surface area contributed by atoms with Crippen LogP contribution in [0.3, 0.4) is 0 Å². The fourth-order valence-electron chi connectivity index (χ4n) is 1.78. The number of sulfonamides is 1. The van der Waals surface area contributed by atoms with Gasteiger partial charge in [0.05, 0.1) is 4.90 Å². The highest BCUT2D eigenvalue weighted by Gasteiger charge is 2.18. The molecule has 0 heterocycles. The molecule has 2 rings (SSSR count). The molecule has 20 heavy (non-hydrogen) atoms. The monoisotopic (exact) mass is 373 g/mol. The van der Waals surface area contributed by atoms with Crippen LogP contribution < -0.4 is 4.72 Å². The van der Waals surface area contributed by atoms with Gasteiger partial charge in [0.25, 0.3) is 0 Å². The van der Waals surface area contributed by atoms with Crippen molar-refractivity contribution in [1.29, 1.82) is 0 Å². The van der Waals surface area contributed by atoms with Crippen LogP contribution >= 0.6 is 27.5 Å². The summed E-state index contributed by atoms with van der Waals surface area (Å²) < 4.78 is 27.9. The van der Waals surface area contributed by atoms with Gasteiger partial charge in [-0.25, -0.2) is 13.1 Å². The van der Waals surface area contributed by atoms with E-state index in [1.807, 2.05) is 6.07 Å². The molecule has 1 unspecified atom stereocenters. The van der Waals surface area contributed by atoms with Crippen molar-refractivity contribution < 1.29 is 8.42 Å². The maximum absolute atomic E-state index is 12.3. The number of hydrogen-bond donors (Lipinski definition) is 1. The lowest BCUT2D eigenvalue weighted by atomic mass is 10.1. The van der Waals surface area contributed by atoms with Crippen molar-refractivity contribution in [3.05, 3.63) is 63.6 Å². The third-order valence-electron chi connectivity index (χ3n) is 2.79. The van der Waals surface area contributed by atoms with Gasteiger partial charge in [0.2, 0.25) is 10.0 Å². The Morgan fingerprint density at radius 3 is 2.50 bits per heavy atom. The van der Waals surface area contributed by atoms with E-state index in [2.05, 4.69) is 20.7 Å². The SMILES string of the molecule is CC(NS(=O)(=O)c1cccc(Br)c1)c1cccc(Cl)c1. The number of nitrogens with one attached hydrogen (secondary N) is 1. The van der Waals surface area contributed by atoms with Gasteiger partial charge < -0.3 is 0 Å². The van der Waals surface area contributed by atoms with Gasteiger partial charge in [0.15, 0.2) is 0 Å². The lowest BCUT2D eigenvalue weighted by Gasteiger charge is -2.15. The highest BCUT2D eigenvalue weighted by atomic mass is 79.9. The molecule has 0 aliphatic heterocycles. The van der Waals surface area contributed by atoms with Crippen LogP contribution in [0.1, 0.15) is 18.5 Å². The molecule has 1 N–H and O–H groups in total. The lowest BCUT2D eigenvalue weighted by Crippen LogP contribution is -2.26. The van der Waals surface area contributed by atoms with E-state index in [0.717, 1.165) is 10.0 Å². The molecule has 0 saturated carbocycles. The zero-order valence-corrected chi connectivity index (χ0v) is 13.8. The number of halogens is 2. The van der Waals surface area contributed by atoms with Crippen LogP contribution in [0.2, 0.25) is 5.02 Å². The van der Waals surface area contributed by atoms with Gasteiger partial charge in [-0.05, 0) is 42.8 Å². The lowest BCUT2D eigenvalue weighted by molar-refractivity contribution is 0.567. The second kappa shape index (κ2) is 6.26. The van der Waals surface area contributed by atoms with E-state index in [9.17, 15) is 8.42 Å². The van der Waals surface area contributed by atoms with Crippen molar-refractivity contribution in [2.45, 2.75) is 17.9 Å². The predicted molar refractivity (Wildman–Crippen MR) is 84.3 cm³/mol. The average Bonchev–Trinajstić information content (AvgIpc) is 2.38. The first-order valence-corrected chi connectivity index (χ1v) is 8.57. The molecule has 0 radical (unpaired) electrons. The minimum atomic E-state index is -3.57. The summed E-state index contributed by atoms with van der Waals surface area (Å²) in [4.78, 5) is 0.223. The van der Waals surface area contributed by atoms with Crippen molar-refractivity contribution >= 4 is 37.6 Å². The molecule has 0 aliphatic rings. The average molecular weight is 375 g/mol. The molecular weight excluding hydrogens is 362 g/mol. The van der Waals surface area contributed by atoms with E-state index >= 15 is 0 Å². The zero-order chi connectivity index (χ0) is 14.8. The van der Waals surface area contributed by atoms with Crippen LogP contribution in [0.25, 0.3) is 0 Å². The summed E-state index contributed by atoms with van der Waals surface area (Å²) in [7, 11) is -3.57. The van der Waals surface area contributed by atoms with E-state index in [-0.39, 0.29) is 10.9 Å². The first-order valence-electron chi connectivity index (χ1n) is 5.92. The molecule has 0 aromatic heterocycles. The van der Waals surface area contributed by atoms with Crippen LogP contribution in [0.15, 0.2) is 57.9 Å². The van der Waals surface area contributed by atoms with Gasteiger partial charge in [0, 0.05) is 15.5 Å². The van der Waals surface area contributed by atoms with Crippen LogP contribution in [0.5, 0.6) is 0 Å². The molecule has 6 heteroatoms. The highest BCUT2D eigenvalue weighted by molar-refractivity contribution is 9.10. The number of rotatable bonds is 4. The normalized spacial score (nSPS) is 13.2. The van der Waals surface area contributed by atoms with Gasteiger partial charge in [-0.15, -0.1) is 0 Å². The van der Waals surface area contributed by atoms with Gasteiger partial charge in [0.1, 0.15) is 0 Å². The molecule has 106 valence electrons. The molecule has 0 aliphatic carbocycles. The molecule has 3 nitrogen and oxygen atoms in total. The second-order valence-electron chi connectivity index (χ2n) is 4.36. The molecular formula is C14H13BrClNO2S. The van der Waals surface area contributed by atoms with Crippen molar-refractivity contribution in [2.24, 2.45) is 0 Å². The van der Waals surface area contributed by atoms with Gasteiger partial charge in [-0.2, -0.15) is 0 Å². The molecule has 0 saturated heterocycles. The van der Waals surface area contributed by atoms with Crippen molar-refractivity contribution in [3.63, 3.8) is 0 Å². The van der Waals surface area contributed by atoms with E-state index in [4.69, 9.17) is 11.6 Å². The number of hydrogen-bond acceptors (Lipinski definition) is 2. The molecule has 0 fully saturated rings. The third-order valence-corrected chi connectivity index (χ3v) is 5.05. The zero-order valence-electron chi connectivity index (χ0n) is 10.7. The molecule has 0 bridgehead atoms. The Morgan fingerprint density at radius 2 is 1.85 bits per heavy atom. The summed E-state index contributed by atoms with van der Waals surface area (Å²) in [6.07, 6.45) is 0. The summed E-state index contributed by atoms with van der Waals surface area (Å²) in [6.45, 7) is 1.78. The van der Waals surface area contributed by atoms with E-state index in [1.165, 1.54) is 0 Å². The van der Waals surface area contributed by atoms with E-state index < -0.39 is 10.0 Å². The summed E-state index contributed by atoms with van der Waals surface area (Å²) in [5.74, 6) is 0. The summed E-state index contributed by atoms with van der Waals surface area (Å²) >= 11 is 9.18. The third kappa shape index (κ3) is 3.82. The minimum Gasteiger partial charge on any atom is -0.207 e. The van der Waals surface area contributed by atoms with Crippen LogP contribution in [-0.2, 0) is 10.0 Å². The van der Waals surface area contributed by atoms with E-state index in [1.54, 1.807) is 49.4 Å². The van der Waals surface area contributed by atoms with Crippen molar-refractivity contribution in [3.8, 4) is 0 Å². The molecule has 2 aromatic rings. The van der Waals surface area contributed by atoms with Gasteiger partial charge >= 0.3 is 0 Å². The summed E-state index contributed by atoms with van der Waals surface area (Å²) in [5.41, 5.74) is 0.816. The molecule has 2 aromatic carbocycles. The number of benzene rings is 2. The topological polar surface area (TPSA) is 46.2 Å². The van der Waals surface area contributed by atoms with Crippen molar-refractivity contribution in [2.75, 3.05) is 0 Å².